The van der Waals surface area contributed by atoms with E-state index >= 15 is 0 Å². The second kappa shape index (κ2) is 5.50. The van der Waals surface area contributed by atoms with Gasteiger partial charge in [0.1, 0.15) is 12.0 Å². The number of ether oxygens (including phenoxy) is 1. The van der Waals surface area contributed by atoms with Gasteiger partial charge in [-0.3, -0.25) is 4.90 Å². The van der Waals surface area contributed by atoms with E-state index in [1.165, 1.54) is 0 Å². The van der Waals surface area contributed by atoms with E-state index in [4.69, 9.17) is 10.5 Å². The largest absolute Gasteiger partial charge is 0.488 e. The number of piperazine rings is 1. The van der Waals surface area contributed by atoms with E-state index in [2.05, 4.69) is 15.9 Å². The van der Waals surface area contributed by atoms with Gasteiger partial charge in [-0.25, -0.2) is 0 Å². The molecule has 0 amide bonds. The van der Waals surface area contributed by atoms with Crippen LogP contribution in [0.2, 0.25) is 0 Å². The molecule has 0 radical (unpaired) electrons. The second-order valence-corrected chi connectivity index (χ2v) is 5.69. The van der Waals surface area contributed by atoms with Gasteiger partial charge in [-0.1, -0.05) is 0 Å². The van der Waals surface area contributed by atoms with Crippen LogP contribution in [0.1, 0.15) is 19.8 Å². The SMILES string of the molecule is CC(O)N1CCN(c2ccc(OC3CC3)c(N)c2)CC1. The second-order valence-electron chi connectivity index (χ2n) is 5.69. The maximum absolute atomic E-state index is 9.58. The lowest BCUT2D eigenvalue weighted by Crippen LogP contribution is -2.49. The normalized spacial score (nSPS) is 21.8. The molecule has 0 spiro atoms. The van der Waals surface area contributed by atoms with Crippen molar-refractivity contribution in [2.75, 3.05) is 36.8 Å². The number of aliphatic hydroxyl groups is 1. The predicted molar refractivity (Wildman–Crippen MR) is 80.0 cm³/mol. The summed E-state index contributed by atoms with van der Waals surface area (Å²) in [6.07, 6.45) is 2.29. The third-order valence-electron chi connectivity index (χ3n) is 4.02. The molecule has 2 aliphatic rings. The molecular weight excluding hydrogens is 254 g/mol. The minimum atomic E-state index is -0.364. The molecular formula is C15H23N3O2. The fourth-order valence-electron chi connectivity index (χ4n) is 2.56. The Hall–Kier alpha value is -1.46. The summed E-state index contributed by atoms with van der Waals surface area (Å²) < 4.78 is 5.76. The first-order valence-corrected chi connectivity index (χ1v) is 7.37. The lowest BCUT2D eigenvalue weighted by Gasteiger charge is -2.37. The lowest BCUT2D eigenvalue weighted by atomic mass is 10.2. The van der Waals surface area contributed by atoms with E-state index in [1.54, 1.807) is 0 Å². The number of rotatable bonds is 4. The first kappa shape index (κ1) is 13.5. The minimum Gasteiger partial charge on any atom is -0.488 e. The first-order chi connectivity index (χ1) is 9.63. The smallest absolute Gasteiger partial charge is 0.142 e. The highest BCUT2D eigenvalue weighted by Gasteiger charge is 2.25. The van der Waals surface area contributed by atoms with E-state index in [9.17, 15) is 5.11 Å². The first-order valence-electron chi connectivity index (χ1n) is 7.37. The maximum atomic E-state index is 9.58. The zero-order valence-electron chi connectivity index (χ0n) is 12.0. The Balaban J connectivity index is 1.64. The Labute approximate surface area is 119 Å². The van der Waals surface area contributed by atoms with Crippen molar-refractivity contribution < 1.29 is 9.84 Å². The van der Waals surface area contributed by atoms with Gasteiger partial charge >= 0.3 is 0 Å². The highest BCUT2D eigenvalue weighted by atomic mass is 16.5. The van der Waals surface area contributed by atoms with Gasteiger partial charge in [0.25, 0.3) is 0 Å². The molecule has 5 nitrogen and oxygen atoms in total. The van der Waals surface area contributed by atoms with Gasteiger partial charge in [0.2, 0.25) is 0 Å². The Kier molecular flexibility index (Phi) is 3.72. The molecule has 1 atom stereocenters. The Morgan fingerprint density at radius 3 is 2.50 bits per heavy atom. The summed E-state index contributed by atoms with van der Waals surface area (Å²) in [4.78, 5) is 4.38. The molecule has 1 unspecified atom stereocenters. The Morgan fingerprint density at radius 2 is 1.95 bits per heavy atom. The van der Waals surface area contributed by atoms with Crippen molar-refractivity contribution in [2.45, 2.75) is 32.1 Å². The minimum absolute atomic E-state index is 0.364. The van der Waals surface area contributed by atoms with Crippen molar-refractivity contribution in [2.24, 2.45) is 0 Å². The number of nitrogens with zero attached hydrogens (tertiary/aromatic N) is 2. The van der Waals surface area contributed by atoms with Crippen LogP contribution in [0.4, 0.5) is 11.4 Å². The van der Waals surface area contributed by atoms with Crippen LogP contribution >= 0.6 is 0 Å². The number of hydrogen-bond acceptors (Lipinski definition) is 5. The average Bonchev–Trinajstić information content (AvgIpc) is 3.25. The molecule has 1 aromatic carbocycles. The molecule has 1 saturated heterocycles. The third kappa shape index (κ3) is 2.99. The number of anilines is 2. The van der Waals surface area contributed by atoms with Crippen LogP contribution in [-0.2, 0) is 0 Å². The quantitative estimate of drug-likeness (QED) is 0.812. The van der Waals surface area contributed by atoms with Crippen LogP contribution in [0, 0.1) is 0 Å². The van der Waals surface area contributed by atoms with Gasteiger partial charge in [0.15, 0.2) is 0 Å². The molecule has 5 heteroatoms. The number of nitrogens with two attached hydrogens (primary N) is 1. The van der Waals surface area contributed by atoms with Crippen LogP contribution in [-0.4, -0.2) is 48.5 Å². The molecule has 3 rings (SSSR count). The van der Waals surface area contributed by atoms with Crippen molar-refractivity contribution in [3.8, 4) is 5.75 Å². The summed E-state index contributed by atoms with van der Waals surface area (Å²) in [7, 11) is 0. The van der Waals surface area contributed by atoms with Gasteiger partial charge in [0.05, 0.1) is 11.8 Å². The third-order valence-corrected chi connectivity index (χ3v) is 4.02. The molecule has 110 valence electrons. The summed E-state index contributed by atoms with van der Waals surface area (Å²) in [6.45, 7) is 5.38. The van der Waals surface area contributed by atoms with E-state index in [0.29, 0.717) is 11.8 Å². The van der Waals surface area contributed by atoms with Gasteiger partial charge in [0, 0.05) is 31.9 Å². The van der Waals surface area contributed by atoms with Gasteiger partial charge in [-0.05, 0) is 38.0 Å². The molecule has 1 aromatic rings. The lowest BCUT2D eigenvalue weighted by molar-refractivity contribution is 0.0153. The Morgan fingerprint density at radius 1 is 1.25 bits per heavy atom. The molecule has 2 fully saturated rings. The molecule has 1 saturated carbocycles. The molecule has 3 N–H and O–H groups in total. The summed E-state index contributed by atoms with van der Waals surface area (Å²) >= 11 is 0. The van der Waals surface area contributed by atoms with Crippen LogP contribution in [0.25, 0.3) is 0 Å². The fraction of sp³-hybridized carbons (Fsp3) is 0.600. The topological polar surface area (TPSA) is 62.0 Å². The molecule has 0 aromatic heterocycles. The highest BCUT2D eigenvalue weighted by Crippen LogP contribution is 2.33. The van der Waals surface area contributed by atoms with Crippen molar-refractivity contribution in [1.82, 2.24) is 4.90 Å². The Bertz CT molecular complexity index is 466. The zero-order valence-corrected chi connectivity index (χ0v) is 12.0. The van der Waals surface area contributed by atoms with Crippen molar-refractivity contribution in [1.29, 1.82) is 0 Å². The average molecular weight is 277 g/mol. The van der Waals surface area contributed by atoms with E-state index in [0.717, 1.165) is 50.5 Å². The van der Waals surface area contributed by atoms with Crippen molar-refractivity contribution in [3.05, 3.63) is 18.2 Å². The van der Waals surface area contributed by atoms with Crippen LogP contribution < -0.4 is 15.4 Å². The van der Waals surface area contributed by atoms with E-state index < -0.39 is 0 Å². The predicted octanol–water partition coefficient (Wildman–Crippen LogP) is 1.27. The molecule has 20 heavy (non-hydrogen) atoms. The summed E-state index contributed by atoms with van der Waals surface area (Å²) in [5, 5.41) is 9.58. The van der Waals surface area contributed by atoms with Crippen LogP contribution in [0.5, 0.6) is 5.75 Å². The molecule has 1 heterocycles. The summed E-state index contributed by atoms with van der Waals surface area (Å²) in [5.41, 5.74) is 7.93. The highest BCUT2D eigenvalue weighted by molar-refractivity contribution is 5.63. The number of aliphatic hydroxyl groups excluding tert-OH is 1. The van der Waals surface area contributed by atoms with Crippen molar-refractivity contribution >= 4 is 11.4 Å². The molecule has 1 aliphatic carbocycles. The monoisotopic (exact) mass is 277 g/mol. The number of hydrogen-bond donors (Lipinski definition) is 2. The van der Waals surface area contributed by atoms with Gasteiger partial charge in [-0.2, -0.15) is 0 Å². The molecule has 1 aliphatic heterocycles. The maximum Gasteiger partial charge on any atom is 0.142 e. The molecule has 0 bridgehead atoms. The van der Waals surface area contributed by atoms with Crippen molar-refractivity contribution in [3.63, 3.8) is 0 Å². The fourth-order valence-corrected chi connectivity index (χ4v) is 2.56. The summed E-state index contributed by atoms with van der Waals surface area (Å²) in [6, 6.07) is 6.05. The van der Waals surface area contributed by atoms with E-state index in [-0.39, 0.29) is 6.23 Å². The van der Waals surface area contributed by atoms with E-state index in [1.807, 2.05) is 19.1 Å². The van der Waals surface area contributed by atoms with Crippen LogP contribution in [0.3, 0.4) is 0 Å². The van der Waals surface area contributed by atoms with Gasteiger partial charge < -0.3 is 20.5 Å². The van der Waals surface area contributed by atoms with Crippen LogP contribution in [0.15, 0.2) is 18.2 Å². The number of nitrogen functional groups attached to an aromatic ring is 1. The summed E-state index contributed by atoms with van der Waals surface area (Å²) in [5.74, 6) is 0.805. The van der Waals surface area contributed by atoms with Gasteiger partial charge in [-0.15, -0.1) is 0 Å². The zero-order chi connectivity index (χ0) is 14.1. The standard InChI is InChI=1S/C15H23N3O2/c1-11(19)17-6-8-18(9-7-17)12-2-5-15(14(16)10-12)20-13-3-4-13/h2,5,10-11,13,19H,3-4,6-9,16H2,1H3. The number of benzene rings is 1.